The van der Waals surface area contributed by atoms with Crippen LogP contribution in [0.15, 0.2) is 67.1 Å². The molecule has 0 aliphatic heterocycles. The van der Waals surface area contributed by atoms with Gasteiger partial charge in [0.1, 0.15) is 11.8 Å². The molecule has 1 N–H and O–H groups in total. The largest absolute Gasteiger partial charge is 0.492 e. The maximum absolute atomic E-state index is 13.8. The molecule has 134 valence electrons. The zero-order valence-corrected chi connectivity index (χ0v) is 14.4. The predicted molar refractivity (Wildman–Crippen MR) is 99.8 cm³/mol. The summed E-state index contributed by atoms with van der Waals surface area (Å²) in [4.78, 5) is 21.3. The van der Waals surface area contributed by atoms with Crippen LogP contribution in [0.5, 0.6) is 5.75 Å². The molecule has 0 radical (unpaired) electrons. The summed E-state index contributed by atoms with van der Waals surface area (Å²) in [6.45, 7) is 0. The fourth-order valence-electron chi connectivity index (χ4n) is 2.81. The molecular weight excluding hydrogens is 347 g/mol. The first-order valence-electron chi connectivity index (χ1n) is 8.20. The number of ether oxygens (including phenoxy) is 1. The van der Waals surface area contributed by atoms with Crippen LogP contribution in [-0.2, 0) is 0 Å². The minimum atomic E-state index is -0.550. The number of nitrogens with zero attached hydrogens (tertiary/aromatic N) is 3. The number of aromatic nitrogens is 3. The zero-order chi connectivity index (χ0) is 18.8. The SMILES string of the molecule is COc1c(F)cccc1NC(=O)c1cnc2c(c1)ncn2-c1ccccc1. The number of anilines is 1. The van der Waals surface area contributed by atoms with Gasteiger partial charge in [-0.3, -0.25) is 9.36 Å². The monoisotopic (exact) mass is 362 g/mol. The number of halogens is 1. The molecule has 2 heterocycles. The van der Waals surface area contributed by atoms with E-state index in [0.717, 1.165) is 5.69 Å². The molecule has 7 heteroatoms. The van der Waals surface area contributed by atoms with E-state index in [-0.39, 0.29) is 11.4 Å². The van der Waals surface area contributed by atoms with Crippen molar-refractivity contribution >= 4 is 22.8 Å². The van der Waals surface area contributed by atoms with E-state index in [4.69, 9.17) is 4.74 Å². The highest BCUT2D eigenvalue weighted by Crippen LogP contribution is 2.28. The molecule has 0 bridgehead atoms. The number of para-hydroxylation sites is 2. The molecule has 4 aromatic rings. The van der Waals surface area contributed by atoms with Crippen LogP contribution in [0.1, 0.15) is 10.4 Å². The highest BCUT2D eigenvalue weighted by Gasteiger charge is 2.15. The number of imidazole rings is 1. The summed E-state index contributed by atoms with van der Waals surface area (Å²) in [5, 5.41) is 2.64. The number of carbonyl (C=O) groups is 1. The Hall–Kier alpha value is -3.74. The second-order valence-electron chi connectivity index (χ2n) is 5.79. The highest BCUT2D eigenvalue weighted by atomic mass is 19.1. The van der Waals surface area contributed by atoms with E-state index in [1.165, 1.54) is 25.4 Å². The van der Waals surface area contributed by atoms with Gasteiger partial charge in [-0.05, 0) is 30.3 Å². The lowest BCUT2D eigenvalue weighted by Crippen LogP contribution is -2.13. The Kier molecular flexibility index (Phi) is 4.25. The molecule has 0 spiro atoms. The van der Waals surface area contributed by atoms with Gasteiger partial charge in [0.05, 0.1) is 18.4 Å². The van der Waals surface area contributed by atoms with E-state index in [9.17, 15) is 9.18 Å². The van der Waals surface area contributed by atoms with E-state index >= 15 is 0 Å². The topological polar surface area (TPSA) is 69.0 Å². The molecule has 0 atom stereocenters. The average molecular weight is 362 g/mol. The van der Waals surface area contributed by atoms with Gasteiger partial charge >= 0.3 is 0 Å². The molecular formula is C20H15FN4O2. The molecule has 4 rings (SSSR count). The van der Waals surface area contributed by atoms with Crippen LogP contribution in [0, 0.1) is 5.82 Å². The van der Waals surface area contributed by atoms with Crippen molar-refractivity contribution in [1.29, 1.82) is 0 Å². The number of methoxy groups -OCH3 is 1. The summed E-state index contributed by atoms with van der Waals surface area (Å²) < 4.78 is 20.6. The standard InChI is InChI=1S/C20H15FN4O2/c1-27-18-15(21)8-5-9-16(18)24-20(26)13-10-17-19(22-11-13)25(12-23-17)14-6-3-2-4-7-14/h2-12H,1H3,(H,24,26). The zero-order valence-electron chi connectivity index (χ0n) is 14.4. The van der Waals surface area contributed by atoms with Gasteiger partial charge in [0, 0.05) is 11.9 Å². The van der Waals surface area contributed by atoms with Gasteiger partial charge in [0.15, 0.2) is 17.2 Å². The maximum Gasteiger partial charge on any atom is 0.257 e. The smallest absolute Gasteiger partial charge is 0.257 e. The van der Waals surface area contributed by atoms with E-state index in [1.54, 1.807) is 18.5 Å². The molecule has 0 saturated heterocycles. The number of nitrogens with one attached hydrogen (secondary N) is 1. The van der Waals surface area contributed by atoms with Crippen molar-refractivity contribution in [3.63, 3.8) is 0 Å². The van der Waals surface area contributed by atoms with Gasteiger partial charge in [-0.25, -0.2) is 14.4 Å². The van der Waals surface area contributed by atoms with Crippen molar-refractivity contribution in [2.45, 2.75) is 0 Å². The second-order valence-corrected chi connectivity index (χ2v) is 5.79. The van der Waals surface area contributed by atoms with Crippen LogP contribution in [0.3, 0.4) is 0 Å². The summed E-state index contributed by atoms with van der Waals surface area (Å²) in [7, 11) is 1.35. The second kappa shape index (κ2) is 6.87. The van der Waals surface area contributed by atoms with E-state index in [1.807, 2.05) is 34.9 Å². The minimum Gasteiger partial charge on any atom is -0.492 e. The third-order valence-corrected chi connectivity index (χ3v) is 4.10. The lowest BCUT2D eigenvalue weighted by molar-refractivity contribution is 0.102. The van der Waals surface area contributed by atoms with Crippen molar-refractivity contribution < 1.29 is 13.9 Å². The van der Waals surface area contributed by atoms with Gasteiger partial charge in [-0.2, -0.15) is 0 Å². The van der Waals surface area contributed by atoms with Crippen LogP contribution in [0.4, 0.5) is 10.1 Å². The number of carbonyl (C=O) groups excluding carboxylic acids is 1. The number of pyridine rings is 1. The Morgan fingerprint density at radius 2 is 1.93 bits per heavy atom. The summed E-state index contributed by atoms with van der Waals surface area (Å²) in [5.74, 6) is -0.999. The summed E-state index contributed by atoms with van der Waals surface area (Å²) in [5.41, 5.74) is 2.71. The van der Waals surface area contributed by atoms with Crippen molar-refractivity contribution in [3.05, 3.63) is 78.5 Å². The summed E-state index contributed by atoms with van der Waals surface area (Å²) in [6, 6.07) is 15.6. The third kappa shape index (κ3) is 3.10. The van der Waals surface area contributed by atoms with Crippen LogP contribution in [0.25, 0.3) is 16.9 Å². The lowest BCUT2D eigenvalue weighted by atomic mass is 10.2. The first-order valence-corrected chi connectivity index (χ1v) is 8.20. The molecule has 2 aromatic carbocycles. The Morgan fingerprint density at radius 1 is 1.11 bits per heavy atom. The van der Waals surface area contributed by atoms with Crippen LogP contribution >= 0.6 is 0 Å². The first-order chi connectivity index (χ1) is 13.2. The van der Waals surface area contributed by atoms with E-state index < -0.39 is 11.7 Å². The molecule has 6 nitrogen and oxygen atoms in total. The number of benzene rings is 2. The van der Waals surface area contributed by atoms with E-state index in [2.05, 4.69) is 15.3 Å². The molecule has 27 heavy (non-hydrogen) atoms. The minimum absolute atomic E-state index is 0.0201. The van der Waals surface area contributed by atoms with Gasteiger partial charge in [-0.1, -0.05) is 24.3 Å². The van der Waals surface area contributed by atoms with Gasteiger partial charge in [-0.15, -0.1) is 0 Å². The molecule has 0 aliphatic rings. The number of hydrogen-bond acceptors (Lipinski definition) is 4. The van der Waals surface area contributed by atoms with Crippen LogP contribution in [0.2, 0.25) is 0 Å². The summed E-state index contributed by atoms with van der Waals surface area (Å²) in [6.07, 6.45) is 3.12. The van der Waals surface area contributed by atoms with Gasteiger partial charge < -0.3 is 10.1 Å². The maximum atomic E-state index is 13.8. The molecule has 0 saturated carbocycles. The molecule has 0 unspecified atom stereocenters. The lowest BCUT2D eigenvalue weighted by Gasteiger charge is -2.10. The Bertz CT molecular complexity index is 1130. The van der Waals surface area contributed by atoms with Crippen molar-refractivity contribution in [3.8, 4) is 11.4 Å². The molecule has 0 aliphatic carbocycles. The van der Waals surface area contributed by atoms with Crippen molar-refractivity contribution in [1.82, 2.24) is 14.5 Å². The fourth-order valence-corrected chi connectivity index (χ4v) is 2.81. The number of amides is 1. The Morgan fingerprint density at radius 3 is 2.70 bits per heavy atom. The number of fused-ring (bicyclic) bond motifs is 1. The Labute approximate surface area is 154 Å². The summed E-state index contributed by atoms with van der Waals surface area (Å²) >= 11 is 0. The van der Waals surface area contributed by atoms with Crippen molar-refractivity contribution in [2.75, 3.05) is 12.4 Å². The van der Waals surface area contributed by atoms with Crippen LogP contribution < -0.4 is 10.1 Å². The molecule has 1 amide bonds. The molecule has 2 aromatic heterocycles. The molecule has 0 fully saturated rings. The van der Waals surface area contributed by atoms with Gasteiger partial charge in [0.2, 0.25) is 0 Å². The number of hydrogen-bond donors (Lipinski definition) is 1. The van der Waals surface area contributed by atoms with Crippen molar-refractivity contribution in [2.24, 2.45) is 0 Å². The Balaban J connectivity index is 1.65. The van der Waals surface area contributed by atoms with Gasteiger partial charge in [0.25, 0.3) is 5.91 Å². The predicted octanol–water partition coefficient (Wildman–Crippen LogP) is 3.82. The third-order valence-electron chi connectivity index (χ3n) is 4.10. The average Bonchev–Trinajstić information content (AvgIpc) is 3.12. The quantitative estimate of drug-likeness (QED) is 0.599. The van der Waals surface area contributed by atoms with Crippen LogP contribution in [-0.4, -0.2) is 27.6 Å². The van der Waals surface area contributed by atoms with E-state index in [0.29, 0.717) is 16.7 Å². The number of rotatable bonds is 4. The first kappa shape index (κ1) is 16.7. The fraction of sp³-hybridized carbons (Fsp3) is 0.0500. The normalized spacial score (nSPS) is 10.7. The highest BCUT2D eigenvalue weighted by molar-refractivity contribution is 6.06.